The zero-order chi connectivity index (χ0) is 19.5. The van der Waals surface area contributed by atoms with Gasteiger partial charge < -0.3 is 19.9 Å². The van der Waals surface area contributed by atoms with Crippen LogP contribution in [-0.4, -0.2) is 35.0 Å². The van der Waals surface area contributed by atoms with Crippen LogP contribution in [0.5, 0.6) is 0 Å². The number of aromatic amines is 1. The molecule has 144 valence electrons. The minimum atomic E-state index is -0.362. The van der Waals surface area contributed by atoms with Crippen molar-refractivity contribution in [2.45, 2.75) is 26.3 Å². The number of carbonyl (C=O) groups excluding carboxylic acids is 2. The van der Waals surface area contributed by atoms with Crippen LogP contribution in [0.25, 0.3) is 10.9 Å². The highest BCUT2D eigenvalue weighted by molar-refractivity contribution is 5.92. The van der Waals surface area contributed by atoms with Crippen molar-refractivity contribution in [3.63, 3.8) is 0 Å². The zero-order valence-electron chi connectivity index (χ0n) is 15.8. The number of hydrogen-bond donors (Lipinski definition) is 2. The average Bonchev–Trinajstić information content (AvgIpc) is 2.91. The molecule has 0 radical (unpaired) electrons. The van der Waals surface area contributed by atoms with Crippen LogP contribution in [-0.2, 0) is 17.7 Å². The van der Waals surface area contributed by atoms with Gasteiger partial charge in [0.25, 0.3) is 0 Å². The fraction of sp³-hybridized carbons (Fsp3) is 0.273. The summed E-state index contributed by atoms with van der Waals surface area (Å²) in [5.41, 5.74) is 4.65. The maximum atomic E-state index is 12.8. The molecule has 0 atom stereocenters. The Morgan fingerprint density at radius 3 is 2.71 bits per heavy atom. The zero-order valence-corrected chi connectivity index (χ0v) is 15.8. The second-order valence-electron chi connectivity index (χ2n) is 6.88. The maximum absolute atomic E-state index is 12.8. The molecule has 1 aromatic heterocycles. The molecule has 28 heavy (non-hydrogen) atoms. The lowest BCUT2D eigenvalue weighted by Gasteiger charge is -2.21. The molecule has 0 saturated heterocycles. The summed E-state index contributed by atoms with van der Waals surface area (Å²) < 4.78 is 4.98. The van der Waals surface area contributed by atoms with E-state index in [0.29, 0.717) is 30.9 Å². The van der Waals surface area contributed by atoms with Crippen molar-refractivity contribution in [2.24, 2.45) is 0 Å². The predicted molar refractivity (Wildman–Crippen MR) is 108 cm³/mol. The third-order valence-corrected chi connectivity index (χ3v) is 5.04. The van der Waals surface area contributed by atoms with Gasteiger partial charge in [0.2, 0.25) is 0 Å². The number of esters is 1. The van der Waals surface area contributed by atoms with Crippen LogP contribution in [0.2, 0.25) is 0 Å². The van der Waals surface area contributed by atoms with E-state index in [1.165, 1.54) is 10.9 Å². The normalized spacial score (nSPS) is 13.7. The maximum Gasteiger partial charge on any atom is 0.338 e. The number of para-hydroxylation sites is 1. The Kier molecular flexibility index (Phi) is 5.02. The number of anilines is 1. The number of urea groups is 1. The van der Waals surface area contributed by atoms with Crippen LogP contribution in [0.15, 0.2) is 48.5 Å². The van der Waals surface area contributed by atoms with Crippen molar-refractivity contribution < 1.29 is 14.3 Å². The molecule has 2 aromatic carbocycles. The molecule has 0 unspecified atom stereocenters. The van der Waals surface area contributed by atoms with Gasteiger partial charge in [-0.25, -0.2) is 9.59 Å². The van der Waals surface area contributed by atoms with Crippen LogP contribution in [0, 0.1) is 0 Å². The molecule has 0 aliphatic carbocycles. The van der Waals surface area contributed by atoms with E-state index in [-0.39, 0.29) is 12.0 Å². The molecular weight excluding hydrogens is 354 g/mol. The molecule has 3 aromatic rings. The molecule has 0 saturated carbocycles. The monoisotopic (exact) mass is 377 g/mol. The molecule has 4 rings (SSSR count). The van der Waals surface area contributed by atoms with E-state index in [0.717, 1.165) is 24.1 Å². The molecule has 1 aliphatic rings. The first-order valence-corrected chi connectivity index (χ1v) is 9.57. The fourth-order valence-corrected chi connectivity index (χ4v) is 3.67. The van der Waals surface area contributed by atoms with Gasteiger partial charge in [-0.3, -0.25) is 0 Å². The first kappa shape index (κ1) is 18.1. The van der Waals surface area contributed by atoms with E-state index >= 15 is 0 Å². The lowest BCUT2D eigenvalue weighted by Crippen LogP contribution is -2.34. The van der Waals surface area contributed by atoms with Gasteiger partial charge in [-0.2, -0.15) is 0 Å². The molecular formula is C22H23N3O3. The number of aryl methyl sites for hydroxylation is 1. The van der Waals surface area contributed by atoms with Gasteiger partial charge in [-0.1, -0.05) is 18.2 Å². The third-order valence-electron chi connectivity index (χ3n) is 5.04. The van der Waals surface area contributed by atoms with Crippen LogP contribution < -0.4 is 5.32 Å². The molecule has 0 fully saturated rings. The largest absolute Gasteiger partial charge is 0.462 e. The number of hydrogen-bond acceptors (Lipinski definition) is 3. The summed E-state index contributed by atoms with van der Waals surface area (Å²) in [6, 6.07) is 14.9. The Morgan fingerprint density at radius 1 is 1.14 bits per heavy atom. The average molecular weight is 377 g/mol. The number of nitrogens with zero attached hydrogens (tertiary/aromatic N) is 1. The lowest BCUT2D eigenvalue weighted by atomic mass is 10.1. The van der Waals surface area contributed by atoms with Gasteiger partial charge in [0.15, 0.2) is 0 Å². The summed E-state index contributed by atoms with van der Waals surface area (Å²) in [6.07, 6.45) is 1.88. The molecule has 6 nitrogen and oxygen atoms in total. The summed E-state index contributed by atoms with van der Waals surface area (Å²) in [4.78, 5) is 29.8. The van der Waals surface area contributed by atoms with E-state index in [9.17, 15) is 9.59 Å². The third kappa shape index (κ3) is 3.58. The van der Waals surface area contributed by atoms with Gasteiger partial charge in [0.1, 0.15) is 0 Å². The summed E-state index contributed by atoms with van der Waals surface area (Å²) in [6.45, 7) is 3.36. The van der Waals surface area contributed by atoms with E-state index < -0.39 is 0 Å². The Hall–Kier alpha value is -3.28. The SMILES string of the molecule is CCOC(=O)c1ccc(NC(=O)N2CCCc3c([nH]c4ccccc34)C2)cc1. The van der Waals surface area contributed by atoms with Gasteiger partial charge in [0, 0.05) is 28.8 Å². The predicted octanol–water partition coefficient (Wildman–Crippen LogP) is 4.32. The number of nitrogens with one attached hydrogen (secondary N) is 2. The molecule has 2 heterocycles. The fourth-order valence-electron chi connectivity index (χ4n) is 3.67. The molecule has 6 heteroatoms. The highest BCUT2D eigenvalue weighted by Gasteiger charge is 2.22. The Bertz CT molecular complexity index is 1010. The van der Waals surface area contributed by atoms with Gasteiger partial charge >= 0.3 is 12.0 Å². The quantitative estimate of drug-likeness (QED) is 0.668. The van der Waals surface area contributed by atoms with Crippen LogP contribution in [0.1, 0.15) is 35.0 Å². The highest BCUT2D eigenvalue weighted by atomic mass is 16.5. The summed E-state index contributed by atoms with van der Waals surface area (Å²) in [7, 11) is 0. The van der Waals surface area contributed by atoms with Crippen molar-refractivity contribution in [2.75, 3.05) is 18.5 Å². The van der Waals surface area contributed by atoms with Crippen molar-refractivity contribution in [3.05, 3.63) is 65.4 Å². The minimum Gasteiger partial charge on any atom is -0.462 e. The Balaban J connectivity index is 1.47. The van der Waals surface area contributed by atoms with Crippen LogP contribution in [0.4, 0.5) is 10.5 Å². The molecule has 1 aliphatic heterocycles. The van der Waals surface area contributed by atoms with Crippen molar-refractivity contribution in [1.82, 2.24) is 9.88 Å². The van der Waals surface area contributed by atoms with Gasteiger partial charge in [-0.15, -0.1) is 0 Å². The van der Waals surface area contributed by atoms with E-state index in [1.807, 2.05) is 17.0 Å². The van der Waals surface area contributed by atoms with Crippen LogP contribution in [0.3, 0.4) is 0 Å². The highest BCUT2D eigenvalue weighted by Crippen LogP contribution is 2.27. The number of amides is 2. The lowest BCUT2D eigenvalue weighted by molar-refractivity contribution is 0.0526. The number of ether oxygens (including phenoxy) is 1. The molecule has 2 amide bonds. The van der Waals surface area contributed by atoms with Crippen molar-refractivity contribution in [3.8, 4) is 0 Å². The van der Waals surface area contributed by atoms with E-state index in [1.54, 1.807) is 31.2 Å². The number of aromatic nitrogens is 1. The number of carbonyl (C=O) groups is 2. The molecule has 0 spiro atoms. The van der Waals surface area contributed by atoms with Gasteiger partial charge in [-0.05, 0) is 55.7 Å². The van der Waals surface area contributed by atoms with E-state index in [2.05, 4.69) is 22.4 Å². The smallest absolute Gasteiger partial charge is 0.338 e. The summed E-state index contributed by atoms with van der Waals surface area (Å²) in [5, 5.41) is 4.17. The first-order chi connectivity index (χ1) is 13.7. The van der Waals surface area contributed by atoms with E-state index in [4.69, 9.17) is 4.74 Å². The number of rotatable bonds is 3. The minimum absolute atomic E-state index is 0.143. The first-order valence-electron chi connectivity index (χ1n) is 9.57. The number of fused-ring (bicyclic) bond motifs is 3. The van der Waals surface area contributed by atoms with Crippen LogP contribution >= 0.6 is 0 Å². The molecule has 0 bridgehead atoms. The molecule has 2 N–H and O–H groups in total. The number of H-pyrrole nitrogens is 1. The summed E-state index contributed by atoms with van der Waals surface area (Å²) >= 11 is 0. The van der Waals surface area contributed by atoms with Crippen molar-refractivity contribution >= 4 is 28.6 Å². The van der Waals surface area contributed by atoms with Crippen molar-refractivity contribution in [1.29, 1.82) is 0 Å². The topological polar surface area (TPSA) is 74.4 Å². The second-order valence-corrected chi connectivity index (χ2v) is 6.88. The standard InChI is InChI=1S/C22H23N3O3/c1-2-28-21(26)15-9-11-16(12-10-15)23-22(27)25-13-5-7-18-17-6-3-4-8-19(17)24-20(18)14-25/h3-4,6,8-12,24H,2,5,7,13-14H2,1H3,(H,23,27). The summed E-state index contributed by atoms with van der Waals surface area (Å²) in [5.74, 6) is -0.362. The Morgan fingerprint density at radius 2 is 1.93 bits per heavy atom. The Labute approximate surface area is 163 Å². The number of benzene rings is 2. The van der Waals surface area contributed by atoms with Gasteiger partial charge in [0.05, 0.1) is 18.7 Å². The second kappa shape index (κ2) is 7.76.